The maximum Gasteiger partial charge on any atom is 0.157 e. The number of rotatable bonds is 4. The van der Waals surface area contributed by atoms with Gasteiger partial charge in [0.1, 0.15) is 9.84 Å². The molecule has 1 aromatic rings. The third-order valence-corrected chi connectivity index (χ3v) is 4.72. The summed E-state index contributed by atoms with van der Waals surface area (Å²) in [5, 5.41) is 4.25. The van der Waals surface area contributed by atoms with Crippen molar-refractivity contribution in [1.29, 1.82) is 0 Å². The monoisotopic (exact) mass is 284 g/mol. The molecule has 0 spiro atoms. The predicted molar refractivity (Wildman–Crippen MR) is 76.8 cm³/mol. The standard InChI is InChI=1S/C12H16N2O2S2/c1-18(15,16)8-7-13-12-14-9-11(17-12)10-5-3-2-4-6-10/h2-6,11H,7-9H2,1H3,(H,13,14). The highest BCUT2D eigenvalue weighted by Crippen LogP contribution is 2.33. The lowest BCUT2D eigenvalue weighted by atomic mass is 10.1. The highest BCUT2D eigenvalue weighted by atomic mass is 32.2. The second-order valence-electron chi connectivity index (χ2n) is 4.22. The fourth-order valence-corrected chi connectivity index (χ4v) is 3.18. The summed E-state index contributed by atoms with van der Waals surface area (Å²) >= 11 is 1.66. The Morgan fingerprint density at radius 1 is 1.39 bits per heavy atom. The molecule has 98 valence electrons. The van der Waals surface area contributed by atoms with Crippen molar-refractivity contribution in [1.82, 2.24) is 5.32 Å². The summed E-state index contributed by atoms with van der Waals surface area (Å²) in [6.45, 7) is 1.17. The van der Waals surface area contributed by atoms with Crippen LogP contribution in [-0.2, 0) is 9.84 Å². The number of amidine groups is 1. The van der Waals surface area contributed by atoms with Crippen LogP contribution >= 0.6 is 11.8 Å². The zero-order valence-electron chi connectivity index (χ0n) is 10.2. The Hall–Kier alpha value is -1.01. The number of aliphatic imine (C=N–C) groups is 1. The molecule has 1 N–H and O–H groups in total. The van der Waals surface area contributed by atoms with Crippen molar-refractivity contribution in [3.05, 3.63) is 35.9 Å². The van der Waals surface area contributed by atoms with Crippen molar-refractivity contribution in [2.45, 2.75) is 5.25 Å². The largest absolute Gasteiger partial charge is 0.364 e. The van der Waals surface area contributed by atoms with Gasteiger partial charge in [0.15, 0.2) is 5.17 Å². The fourth-order valence-electron chi connectivity index (χ4n) is 1.66. The van der Waals surface area contributed by atoms with Crippen LogP contribution in [0.5, 0.6) is 0 Å². The number of thioether (sulfide) groups is 1. The quantitative estimate of drug-likeness (QED) is 0.909. The molecule has 0 aliphatic carbocycles. The molecule has 0 saturated carbocycles. The van der Waals surface area contributed by atoms with Crippen molar-refractivity contribution in [3.8, 4) is 0 Å². The van der Waals surface area contributed by atoms with Crippen molar-refractivity contribution in [2.75, 3.05) is 25.1 Å². The van der Waals surface area contributed by atoms with E-state index in [1.54, 1.807) is 11.8 Å². The Morgan fingerprint density at radius 2 is 2.11 bits per heavy atom. The van der Waals surface area contributed by atoms with E-state index in [0.717, 1.165) is 11.7 Å². The van der Waals surface area contributed by atoms with Crippen LogP contribution in [0.25, 0.3) is 0 Å². The molecule has 18 heavy (non-hydrogen) atoms. The summed E-state index contributed by atoms with van der Waals surface area (Å²) in [6.07, 6.45) is 1.24. The van der Waals surface area contributed by atoms with Crippen LogP contribution in [-0.4, -0.2) is 38.7 Å². The number of nitrogens with zero attached hydrogens (tertiary/aromatic N) is 1. The third-order valence-electron chi connectivity index (χ3n) is 2.58. The normalized spacial score (nSPS) is 19.6. The molecule has 1 aliphatic heterocycles. The highest BCUT2D eigenvalue weighted by molar-refractivity contribution is 8.14. The molecule has 0 radical (unpaired) electrons. The van der Waals surface area contributed by atoms with Crippen molar-refractivity contribution in [2.24, 2.45) is 4.99 Å². The lowest BCUT2D eigenvalue weighted by Crippen LogP contribution is -2.25. The zero-order valence-corrected chi connectivity index (χ0v) is 11.8. The van der Waals surface area contributed by atoms with Crippen LogP contribution in [0.2, 0.25) is 0 Å². The van der Waals surface area contributed by atoms with E-state index in [2.05, 4.69) is 22.4 Å². The molecule has 6 heteroatoms. The van der Waals surface area contributed by atoms with Gasteiger partial charge in [0.2, 0.25) is 0 Å². The summed E-state index contributed by atoms with van der Waals surface area (Å²) in [4.78, 5) is 4.39. The van der Waals surface area contributed by atoms with Crippen LogP contribution < -0.4 is 5.32 Å². The number of benzene rings is 1. The molecule has 1 atom stereocenters. The summed E-state index contributed by atoms with van der Waals surface area (Å²) < 4.78 is 22.0. The smallest absolute Gasteiger partial charge is 0.157 e. The molecule has 1 aliphatic rings. The number of hydrogen-bond donors (Lipinski definition) is 1. The maximum absolute atomic E-state index is 11.0. The molecule has 1 unspecified atom stereocenters. The number of sulfone groups is 1. The van der Waals surface area contributed by atoms with Crippen molar-refractivity contribution >= 4 is 26.8 Å². The zero-order chi connectivity index (χ0) is 13.0. The first kappa shape index (κ1) is 13.4. The average molecular weight is 284 g/mol. The van der Waals surface area contributed by atoms with Gasteiger partial charge < -0.3 is 5.32 Å². The fraction of sp³-hybridized carbons (Fsp3) is 0.417. The van der Waals surface area contributed by atoms with Gasteiger partial charge in [-0.2, -0.15) is 0 Å². The van der Waals surface area contributed by atoms with E-state index < -0.39 is 9.84 Å². The average Bonchev–Trinajstić information content (AvgIpc) is 2.77. The Morgan fingerprint density at radius 3 is 2.78 bits per heavy atom. The van der Waals surface area contributed by atoms with Gasteiger partial charge in [-0.05, 0) is 5.56 Å². The van der Waals surface area contributed by atoms with E-state index in [9.17, 15) is 8.42 Å². The number of hydrogen-bond acceptors (Lipinski definition) is 5. The molecule has 0 saturated heterocycles. The SMILES string of the molecule is CS(=O)(=O)CCNC1=NCC(c2ccccc2)S1. The second kappa shape index (κ2) is 5.75. The first-order valence-electron chi connectivity index (χ1n) is 5.72. The van der Waals surface area contributed by atoms with E-state index in [4.69, 9.17) is 0 Å². The molecule has 4 nitrogen and oxygen atoms in total. The molecule has 1 heterocycles. The first-order chi connectivity index (χ1) is 8.54. The first-order valence-corrected chi connectivity index (χ1v) is 8.66. The van der Waals surface area contributed by atoms with Crippen molar-refractivity contribution < 1.29 is 8.42 Å². The molecule has 0 aromatic heterocycles. The van der Waals surface area contributed by atoms with Gasteiger partial charge in [-0.3, -0.25) is 4.99 Å². The lowest BCUT2D eigenvalue weighted by Gasteiger charge is -2.09. The highest BCUT2D eigenvalue weighted by Gasteiger charge is 2.20. The molecular formula is C12H16N2O2S2. The summed E-state index contributed by atoms with van der Waals surface area (Å²) in [5.41, 5.74) is 1.26. The molecular weight excluding hydrogens is 268 g/mol. The van der Waals surface area contributed by atoms with Crippen LogP contribution in [0.4, 0.5) is 0 Å². The minimum atomic E-state index is -2.91. The molecule has 2 rings (SSSR count). The van der Waals surface area contributed by atoms with E-state index in [-0.39, 0.29) is 5.75 Å². The van der Waals surface area contributed by atoms with Crippen molar-refractivity contribution in [3.63, 3.8) is 0 Å². The third kappa shape index (κ3) is 4.03. The van der Waals surface area contributed by atoms with E-state index >= 15 is 0 Å². The Kier molecular flexibility index (Phi) is 4.29. The van der Waals surface area contributed by atoms with E-state index in [1.807, 2.05) is 18.2 Å². The Bertz CT molecular complexity index is 526. The van der Waals surface area contributed by atoms with Gasteiger partial charge in [0.25, 0.3) is 0 Å². The molecule has 0 fully saturated rings. The second-order valence-corrected chi connectivity index (χ2v) is 7.67. The summed E-state index contributed by atoms with van der Waals surface area (Å²) in [5.74, 6) is 0.141. The van der Waals surface area contributed by atoms with Gasteiger partial charge in [-0.25, -0.2) is 8.42 Å². The van der Waals surface area contributed by atoms with E-state index in [1.165, 1.54) is 11.8 Å². The Labute approximate surface area is 112 Å². The van der Waals surface area contributed by atoms with Crippen LogP contribution in [0.3, 0.4) is 0 Å². The van der Waals surface area contributed by atoms with Gasteiger partial charge in [-0.15, -0.1) is 0 Å². The lowest BCUT2D eigenvalue weighted by molar-refractivity contribution is 0.600. The Balaban J connectivity index is 1.82. The summed E-state index contributed by atoms with van der Waals surface area (Å²) in [7, 11) is -2.91. The van der Waals surface area contributed by atoms with Gasteiger partial charge in [0.05, 0.1) is 17.5 Å². The summed E-state index contributed by atoms with van der Waals surface area (Å²) in [6, 6.07) is 10.2. The van der Waals surface area contributed by atoms with Gasteiger partial charge >= 0.3 is 0 Å². The van der Waals surface area contributed by atoms with Gasteiger partial charge in [0, 0.05) is 12.8 Å². The minimum Gasteiger partial charge on any atom is -0.364 e. The minimum absolute atomic E-state index is 0.141. The van der Waals surface area contributed by atoms with Gasteiger partial charge in [-0.1, -0.05) is 42.1 Å². The predicted octanol–water partition coefficient (Wildman–Crippen LogP) is 1.46. The topological polar surface area (TPSA) is 58.5 Å². The molecule has 1 aromatic carbocycles. The van der Waals surface area contributed by atoms with Crippen LogP contribution in [0.1, 0.15) is 10.8 Å². The number of nitrogens with one attached hydrogen (secondary N) is 1. The van der Waals surface area contributed by atoms with Crippen LogP contribution in [0.15, 0.2) is 35.3 Å². The molecule has 0 amide bonds. The van der Waals surface area contributed by atoms with Crippen LogP contribution in [0, 0.1) is 0 Å². The van der Waals surface area contributed by atoms with E-state index in [0.29, 0.717) is 11.8 Å². The molecule has 0 bridgehead atoms. The maximum atomic E-state index is 11.0.